The molecule has 9 heteroatoms. The van der Waals surface area contributed by atoms with Crippen LogP contribution in [0.1, 0.15) is 12.8 Å². The lowest BCUT2D eigenvalue weighted by atomic mass is 9.98. The van der Waals surface area contributed by atoms with Gasteiger partial charge in [0.25, 0.3) is 0 Å². The number of nitrogens with zero attached hydrogens (tertiary/aromatic N) is 4. The molecule has 0 radical (unpaired) electrons. The molecule has 2 fully saturated rings. The van der Waals surface area contributed by atoms with Crippen LogP contribution < -0.4 is 4.90 Å². The molecular weight excluding hydrogens is 407 g/mol. The number of hydrogen-bond acceptors (Lipinski definition) is 5. The number of anilines is 1. The van der Waals surface area contributed by atoms with Crippen LogP contribution in [0.4, 0.5) is 10.2 Å². The molecule has 0 saturated carbocycles. The van der Waals surface area contributed by atoms with Gasteiger partial charge in [-0.15, -0.1) is 0 Å². The summed E-state index contributed by atoms with van der Waals surface area (Å²) in [5.41, 5.74) is 0. The van der Waals surface area contributed by atoms with Crippen molar-refractivity contribution in [1.82, 2.24) is 14.2 Å². The van der Waals surface area contributed by atoms with Gasteiger partial charge in [0.2, 0.25) is 15.9 Å². The van der Waals surface area contributed by atoms with Crippen molar-refractivity contribution >= 4 is 21.7 Å². The molecule has 1 aromatic heterocycles. The topological polar surface area (TPSA) is 73.8 Å². The highest BCUT2D eigenvalue weighted by atomic mass is 32.2. The fourth-order valence-electron chi connectivity index (χ4n) is 4.07. The lowest BCUT2D eigenvalue weighted by Crippen LogP contribution is -2.53. The van der Waals surface area contributed by atoms with Crippen molar-refractivity contribution in [2.45, 2.75) is 17.7 Å². The lowest BCUT2D eigenvalue weighted by Gasteiger charge is -2.39. The summed E-state index contributed by atoms with van der Waals surface area (Å²) in [6.07, 6.45) is 3.06. The largest absolute Gasteiger partial charge is 0.353 e. The number of halogens is 1. The van der Waals surface area contributed by atoms with Crippen molar-refractivity contribution in [3.05, 3.63) is 54.5 Å². The second kappa shape index (κ2) is 8.69. The molecule has 7 nitrogen and oxygen atoms in total. The van der Waals surface area contributed by atoms with Gasteiger partial charge in [-0.05, 0) is 49.2 Å². The van der Waals surface area contributed by atoms with E-state index in [4.69, 9.17) is 0 Å². The van der Waals surface area contributed by atoms with Crippen molar-refractivity contribution in [1.29, 1.82) is 0 Å². The molecule has 1 atom stereocenters. The number of carbonyl (C=O) groups excluding carboxylic acids is 1. The SMILES string of the molecule is O=C([C@@H]1CCCN(S(=O)(=O)c2ccc(F)cc2)C1)N1CCN(c2ccccn2)CC1. The van der Waals surface area contributed by atoms with Crippen molar-refractivity contribution < 1.29 is 17.6 Å². The van der Waals surface area contributed by atoms with E-state index in [-0.39, 0.29) is 23.3 Å². The molecule has 1 aromatic carbocycles. The third kappa shape index (κ3) is 4.32. The molecular formula is C21H25FN4O3S. The Morgan fingerprint density at radius 2 is 1.73 bits per heavy atom. The number of benzene rings is 1. The first-order valence-corrected chi connectivity index (χ1v) is 11.6. The third-order valence-electron chi connectivity index (χ3n) is 5.75. The van der Waals surface area contributed by atoms with E-state index in [0.29, 0.717) is 45.6 Å². The van der Waals surface area contributed by atoms with Gasteiger partial charge in [-0.1, -0.05) is 6.07 Å². The summed E-state index contributed by atoms with van der Waals surface area (Å²) < 4.78 is 40.3. The Balaban J connectivity index is 1.39. The first kappa shape index (κ1) is 20.7. The number of carbonyl (C=O) groups is 1. The van der Waals surface area contributed by atoms with Crippen molar-refractivity contribution in [3.63, 3.8) is 0 Å². The number of piperazine rings is 1. The molecule has 4 rings (SSSR count). The van der Waals surface area contributed by atoms with Crippen LogP contribution in [0.5, 0.6) is 0 Å². The fraction of sp³-hybridized carbons (Fsp3) is 0.429. The number of piperidine rings is 1. The zero-order valence-electron chi connectivity index (χ0n) is 16.7. The number of amides is 1. The fourth-order valence-corrected chi connectivity index (χ4v) is 5.60. The molecule has 30 heavy (non-hydrogen) atoms. The van der Waals surface area contributed by atoms with E-state index in [9.17, 15) is 17.6 Å². The zero-order chi connectivity index (χ0) is 21.1. The summed E-state index contributed by atoms with van der Waals surface area (Å²) in [6, 6.07) is 10.6. The first-order valence-electron chi connectivity index (χ1n) is 10.2. The molecule has 0 N–H and O–H groups in total. The minimum absolute atomic E-state index is 0.00896. The second-order valence-electron chi connectivity index (χ2n) is 7.66. The van der Waals surface area contributed by atoms with Gasteiger partial charge in [0.1, 0.15) is 11.6 Å². The quantitative estimate of drug-likeness (QED) is 0.739. The second-order valence-corrected chi connectivity index (χ2v) is 9.59. The number of hydrogen-bond donors (Lipinski definition) is 0. The summed E-state index contributed by atoms with van der Waals surface area (Å²) in [4.78, 5) is 21.5. The Morgan fingerprint density at radius 1 is 1.00 bits per heavy atom. The molecule has 0 unspecified atom stereocenters. The van der Waals surface area contributed by atoms with E-state index < -0.39 is 15.8 Å². The molecule has 160 valence electrons. The van der Waals surface area contributed by atoms with Crippen LogP contribution >= 0.6 is 0 Å². The minimum atomic E-state index is -3.74. The van der Waals surface area contributed by atoms with Gasteiger partial charge >= 0.3 is 0 Å². The van der Waals surface area contributed by atoms with Crippen LogP contribution in [0.3, 0.4) is 0 Å². The predicted molar refractivity (Wildman–Crippen MR) is 111 cm³/mol. The standard InChI is InChI=1S/C21H25FN4O3S/c22-18-6-8-19(9-7-18)30(28,29)26-11-3-4-17(16-26)21(27)25-14-12-24(13-15-25)20-5-1-2-10-23-20/h1-2,5-10,17H,3-4,11-16H2/t17-/m1/s1. The Bertz CT molecular complexity index is 977. The van der Waals surface area contributed by atoms with Crippen molar-refractivity contribution in [2.24, 2.45) is 5.92 Å². The predicted octanol–water partition coefficient (Wildman–Crippen LogP) is 1.97. The Kier molecular flexibility index (Phi) is 6.01. The number of sulfonamides is 1. The normalized spacial score (nSPS) is 20.9. The van der Waals surface area contributed by atoms with E-state index >= 15 is 0 Å². The number of aromatic nitrogens is 1. The highest BCUT2D eigenvalue weighted by Gasteiger charge is 2.35. The van der Waals surface area contributed by atoms with E-state index in [2.05, 4.69) is 9.88 Å². The molecule has 1 amide bonds. The molecule has 0 aliphatic carbocycles. The van der Waals surface area contributed by atoms with E-state index in [1.165, 1.54) is 16.4 Å². The Hall–Kier alpha value is -2.52. The van der Waals surface area contributed by atoms with Crippen LogP contribution in [-0.2, 0) is 14.8 Å². The van der Waals surface area contributed by atoms with Crippen LogP contribution in [0.15, 0.2) is 53.6 Å². The average Bonchev–Trinajstić information content (AvgIpc) is 2.80. The van der Waals surface area contributed by atoms with Gasteiger partial charge in [-0.25, -0.2) is 17.8 Å². The Labute approximate surface area is 176 Å². The summed E-state index contributed by atoms with van der Waals surface area (Å²) in [5, 5.41) is 0. The van der Waals surface area contributed by atoms with E-state index in [1.807, 2.05) is 23.1 Å². The number of pyridine rings is 1. The molecule has 2 saturated heterocycles. The number of rotatable bonds is 4. The Morgan fingerprint density at radius 3 is 2.40 bits per heavy atom. The van der Waals surface area contributed by atoms with Gasteiger partial charge in [0, 0.05) is 45.5 Å². The smallest absolute Gasteiger partial charge is 0.243 e. The molecule has 2 aromatic rings. The average molecular weight is 433 g/mol. The maximum absolute atomic E-state index is 13.2. The van der Waals surface area contributed by atoms with Crippen LogP contribution in [0.25, 0.3) is 0 Å². The molecule has 0 bridgehead atoms. The highest BCUT2D eigenvalue weighted by molar-refractivity contribution is 7.89. The summed E-state index contributed by atoms with van der Waals surface area (Å²) in [7, 11) is -3.74. The van der Waals surface area contributed by atoms with Gasteiger partial charge in [0.15, 0.2) is 0 Å². The third-order valence-corrected chi connectivity index (χ3v) is 7.63. The summed E-state index contributed by atoms with van der Waals surface area (Å²) in [5.74, 6) is 0.0781. The summed E-state index contributed by atoms with van der Waals surface area (Å²) in [6.45, 7) is 3.13. The molecule has 2 aliphatic heterocycles. The van der Waals surface area contributed by atoms with Crippen molar-refractivity contribution in [2.75, 3.05) is 44.2 Å². The first-order chi connectivity index (χ1) is 14.4. The van der Waals surface area contributed by atoms with Gasteiger partial charge in [-0.3, -0.25) is 4.79 Å². The van der Waals surface area contributed by atoms with Crippen LogP contribution in [0, 0.1) is 11.7 Å². The molecule has 2 aliphatic rings. The van der Waals surface area contributed by atoms with Crippen molar-refractivity contribution in [3.8, 4) is 0 Å². The maximum Gasteiger partial charge on any atom is 0.243 e. The lowest BCUT2D eigenvalue weighted by molar-refractivity contribution is -0.137. The highest BCUT2D eigenvalue weighted by Crippen LogP contribution is 2.26. The van der Waals surface area contributed by atoms with E-state index in [0.717, 1.165) is 18.0 Å². The van der Waals surface area contributed by atoms with E-state index in [1.54, 1.807) is 6.20 Å². The monoisotopic (exact) mass is 432 g/mol. The summed E-state index contributed by atoms with van der Waals surface area (Å²) >= 11 is 0. The molecule has 0 spiro atoms. The maximum atomic E-state index is 13.2. The molecule has 3 heterocycles. The van der Waals surface area contributed by atoms with Crippen LogP contribution in [0.2, 0.25) is 0 Å². The van der Waals surface area contributed by atoms with Gasteiger partial charge < -0.3 is 9.80 Å². The zero-order valence-corrected chi connectivity index (χ0v) is 17.5. The van der Waals surface area contributed by atoms with Gasteiger partial charge in [0.05, 0.1) is 10.8 Å². The van der Waals surface area contributed by atoms with Gasteiger partial charge in [-0.2, -0.15) is 4.31 Å². The minimum Gasteiger partial charge on any atom is -0.353 e. The van der Waals surface area contributed by atoms with Crippen LogP contribution in [-0.4, -0.2) is 67.8 Å².